The van der Waals surface area contributed by atoms with Crippen LogP contribution in [0.25, 0.3) is 0 Å². The minimum absolute atomic E-state index is 0. The summed E-state index contributed by atoms with van der Waals surface area (Å²) in [5.74, 6) is 1.44. The third kappa shape index (κ3) is 10.8. The van der Waals surface area contributed by atoms with Crippen molar-refractivity contribution < 1.29 is 20.5 Å². The molecule has 0 aromatic heterocycles. The predicted molar refractivity (Wildman–Crippen MR) is 111 cm³/mol. The van der Waals surface area contributed by atoms with Gasteiger partial charge in [-0.15, -0.1) is 0 Å². The maximum atomic E-state index is 12.2. The normalized spacial score (nSPS) is 20.2. The average Bonchev–Trinajstić information content (AvgIpc) is 2.65. The molecule has 0 aliphatic heterocycles. The fraction of sp³-hybridized carbons (Fsp3) is 0.909. The van der Waals surface area contributed by atoms with E-state index in [1.54, 1.807) is 0 Å². The molecule has 5 nitrogen and oxygen atoms in total. The van der Waals surface area contributed by atoms with Gasteiger partial charge in [0.15, 0.2) is 0 Å². The van der Waals surface area contributed by atoms with Crippen molar-refractivity contribution in [2.45, 2.75) is 72.6 Å². The molecular formula is C22H43NO4. The lowest BCUT2D eigenvalue weighted by molar-refractivity contribution is -0.130. The third-order valence-electron chi connectivity index (χ3n) is 5.11. The van der Waals surface area contributed by atoms with Crippen molar-refractivity contribution in [3.05, 3.63) is 0 Å². The summed E-state index contributed by atoms with van der Waals surface area (Å²) in [6, 6.07) is 0. The van der Waals surface area contributed by atoms with Crippen molar-refractivity contribution in [1.29, 1.82) is 0 Å². The van der Waals surface area contributed by atoms with E-state index >= 15 is 0 Å². The van der Waals surface area contributed by atoms with E-state index in [-0.39, 0.29) is 25.1 Å². The van der Waals surface area contributed by atoms with E-state index < -0.39 is 0 Å². The molecule has 0 spiro atoms. The summed E-state index contributed by atoms with van der Waals surface area (Å²) < 4.78 is 11.1. The number of ether oxygens (including phenoxy) is 2. The van der Waals surface area contributed by atoms with Crippen LogP contribution in [0.3, 0.4) is 0 Å². The summed E-state index contributed by atoms with van der Waals surface area (Å²) in [6.07, 6.45) is 6.29. The van der Waals surface area contributed by atoms with Gasteiger partial charge in [0.25, 0.3) is 0 Å². The lowest BCUT2D eigenvalue weighted by Crippen LogP contribution is -2.35. The number of hydrogen-bond donors (Lipinski definition) is 1. The Balaban J connectivity index is 0.00000729. The van der Waals surface area contributed by atoms with Crippen LogP contribution in [-0.4, -0.2) is 44.7 Å². The molecule has 1 rings (SSSR count). The average molecular weight is 386 g/mol. The molecule has 0 unspecified atom stereocenters. The van der Waals surface area contributed by atoms with Gasteiger partial charge in [0, 0.05) is 52.2 Å². The van der Waals surface area contributed by atoms with Crippen LogP contribution in [0.2, 0.25) is 0 Å². The molecule has 1 N–H and O–H groups in total. The Kier molecular flexibility index (Phi) is 12.6. The Morgan fingerprint density at radius 1 is 0.889 bits per heavy atom. The molecule has 1 aliphatic carbocycles. The summed E-state index contributed by atoms with van der Waals surface area (Å²) in [4.78, 5) is 24.3. The minimum atomic E-state index is 0. The van der Waals surface area contributed by atoms with Crippen LogP contribution in [0.5, 0.6) is 0 Å². The highest BCUT2D eigenvalue weighted by molar-refractivity contribution is 5.83. The van der Waals surface area contributed by atoms with E-state index in [1.807, 2.05) is 13.8 Å². The molecule has 0 aromatic carbocycles. The first-order valence-electron chi connectivity index (χ1n) is 10.9. The molecule has 0 heterocycles. The summed E-state index contributed by atoms with van der Waals surface area (Å²) in [5, 5.41) is 3.02. The number of hydrogen-bond acceptors (Lipinski definition) is 4. The van der Waals surface area contributed by atoms with E-state index in [2.05, 4.69) is 19.2 Å². The van der Waals surface area contributed by atoms with Crippen molar-refractivity contribution in [3.8, 4) is 0 Å². The topological polar surface area (TPSA) is 64.6 Å². The van der Waals surface area contributed by atoms with Gasteiger partial charge in [-0.2, -0.15) is 0 Å². The van der Waals surface area contributed by atoms with Crippen LogP contribution in [0, 0.1) is 23.7 Å². The fourth-order valence-electron chi connectivity index (χ4n) is 3.47. The number of carbonyl (C=O) groups excluding carboxylic acids is 2. The number of unbranched alkanes of at least 4 members (excludes halogenated alkanes) is 1. The van der Waals surface area contributed by atoms with Crippen molar-refractivity contribution in [2.75, 3.05) is 33.0 Å². The highest BCUT2D eigenvalue weighted by Crippen LogP contribution is 2.31. The van der Waals surface area contributed by atoms with Crippen LogP contribution in [0.15, 0.2) is 0 Å². The zero-order valence-corrected chi connectivity index (χ0v) is 17.9. The fourth-order valence-corrected chi connectivity index (χ4v) is 3.47. The molecule has 27 heavy (non-hydrogen) atoms. The van der Waals surface area contributed by atoms with E-state index in [1.165, 1.54) is 0 Å². The van der Waals surface area contributed by atoms with Crippen molar-refractivity contribution >= 4 is 11.7 Å². The number of nitrogens with one attached hydrogen (secondary N) is 1. The van der Waals surface area contributed by atoms with Gasteiger partial charge in [-0.1, -0.05) is 27.7 Å². The highest BCUT2D eigenvalue weighted by Gasteiger charge is 2.30. The smallest absolute Gasteiger partial charge is 0.223 e. The van der Waals surface area contributed by atoms with Crippen LogP contribution in [0.1, 0.15) is 74.1 Å². The summed E-state index contributed by atoms with van der Waals surface area (Å²) in [6.45, 7) is 12.0. The second-order valence-corrected chi connectivity index (χ2v) is 8.54. The van der Waals surface area contributed by atoms with Gasteiger partial charge in [-0.25, -0.2) is 0 Å². The number of carbonyl (C=O) groups is 2. The van der Waals surface area contributed by atoms with Gasteiger partial charge < -0.3 is 14.8 Å². The Hall–Kier alpha value is -0.940. The molecule has 1 fully saturated rings. The lowest BCUT2D eigenvalue weighted by Gasteiger charge is -2.27. The third-order valence-corrected chi connectivity index (χ3v) is 5.11. The quantitative estimate of drug-likeness (QED) is 0.454. The van der Waals surface area contributed by atoms with Gasteiger partial charge in [0.2, 0.25) is 5.91 Å². The molecule has 160 valence electrons. The molecule has 1 saturated carbocycles. The Morgan fingerprint density at radius 2 is 1.44 bits per heavy atom. The number of amides is 1. The zero-order chi connectivity index (χ0) is 20.1. The molecule has 0 aromatic rings. The lowest BCUT2D eigenvalue weighted by atomic mass is 9.77. The number of rotatable bonds is 14. The molecule has 1 amide bonds. The number of ketones is 1. The Bertz CT molecular complexity index is 421. The maximum Gasteiger partial charge on any atom is 0.223 e. The standard InChI is InChI=1S/C22H41NO4.H2/c1-17(2)16-27-14-6-5-13-26-15-7-12-23-22(25)20-10-8-19(9-11-20)21(24)18(3)4;/h17-20H,5-16H2,1-4H3,(H,23,25);1H. The van der Waals surface area contributed by atoms with Crippen LogP contribution in [-0.2, 0) is 19.1 Å². The van der Waals surface area contributed by atoms with E-state index in [0.717, 1.165) is 64.8 Å². The minimum Gasteiger partial charge on any atom is -0.381 e. The van der Waals surface area contributed by atoms with Crippen molar-refractivity contribution in [3.63, 3.8) is 0 Å². The molecule has 0 atom stereocenters. The van der Waals surface area contributed by atoms with Gasteiger partial charge in [-0.05, 0) is 50.9 Å². The van der Waals surface area contributed by atoms with Crippen molar-refractivity contribution in [2.24, 2.45) is 23.7 Å². The first-order chi connectivity index (χ1) is 12.9. The first-order valence-corrected chi connectivity index (χ1v) is 10.9. The van der Waals surface area contributed by atoms with Gasteiger partial charge in [-0.3, -0.25) is 9.59 Å². The largest absolute Gasteiger partial charge is 0.381 e. The molecule has 0 bridgehead atoms. The van der Waals surface area contributed by atoms with E-state index in [9.17, 15) is 9.59 Å². The second kappa shape index (κ2) is 14.1. The van der Waals surface area contributed by atoms with Gasteiger partial charge >= 0.3 is 0 Å². The van der Waals surface area contributed by atoms with E-state index in [0.29, 0.717) is 24.9 Å². The van der Waals surface area contributed by atoms with Crippen LogP contribution >= 0.6 is 0 Å². The molecular weight excluding hydrogens is 342 g/mol. The maximum absolute atomic E-state index is 12.2. The van der Waals surface area contributed by atoms with Gasteiger partial charge in [0.05, 0.1) is 0 Å². The first kappa shape index (κ1) is 24.1. The molecule has 0 saturated heterocycles. The number of Topliss-reactive ketones (excluding diaryl/α,β-unsaturated/α-hetero) is 1. The molecule has 5 heteroatoms. The van der Waals surface area contributed by atoms with E-state index in [4.69, 9.17) is 9.47 Å². The Labute approximate surface area is 167 Å². The summed E-state index contributed by atoms with van der Waals surface area (Å²) in [5.41, 5.74) is 0. The van der Waals surface area contributed by atoms with Gasteiger partial charge in [0.1, 0.15) is 5.78 Å². The zero-order valence-electron chi connectivity index (χ0n) is 17.9. The van der Waals surface area contributed by atoms with Crippen LogP contribution < -0.4 is 5.32 Å². The Morgan fingerprint density at radius 3 is 2.04 bits per heavy atom. The molecule has 0 radical (unpaired) electrons. The monoisotopic (exact) mass is 385 g/mol. The highest BCUT2D eigenvalue weighted by atomic mass is 16.5. The van der Waals surface area contributed by atoms with Crippen molar-refractivity contribution in [1.82, 2.24) is 5.32 Å². The molecule has 1 aliphatic rings. The predicted octanol–water partition coefficient (Wildman–Crippen LogP) is 4.24. The van der Waals surface area contributed by atoms with Crippen LogP contribution in [0.4, 0.5) is 0 Å². The second-order valence-electron chi connectivity index (χ2n) is 8.54. The summed E-state index contributed by atoms with van der Waals surface area (Å²) >= 11 is 0. The SMILES string of the molecule is CC(C)COCCCCOCCCNC(=O)C1CCC(C(=O)C(C)C)CC1.[HH]. The summed E-state index contributed by atoms with van der Waals surface area (Å²) in [7, 11) is 0.